The van der Waals surface area contributed by atoms with Crippen molar-refractivity contribution < 1.29 is 9.53 Å². The molecule has 2 N–H and O–H groups in total. The largest absolute Gasteiger partial charge is 0.462 e. The average Bonchev–Trinajstić information content (AvgIpc) is 2.87. The van der Waals surface area contributed by atoms with Crippen molar-refractivity contribution >= 4 is 29.2 Å². The monoisotopic (exact) mass is 317 g/mol. The van der Waals surface area contributed by atoms with E-state index >= 15 is 0 Å². The standard InChI is InChI=1S/C14H12ClN5O2/c1-2-22-13(21)10-5-9(7-17-12(10)15)8-3-4-20-11(6-8)18-14(16)19-20/h3-7H,2H2,1H3,(H2,16,19). The van der Waals surface area contributed by atoms with Crippen LogP contribution in [0.2, 0.25) is 5.15 Å². The summed E-state index contributed by atoms with van der Waals surface area (Å²) in [6, 6.07) is 5.25. The molecule has 3 heterocycles. The SMILES string of the molecule is CCOC(=O)c1cc(-c2ccn3nc(N)nc3c2)cnc1Cl. The molecule has 3 rings (SSSR count). The molecule has 0 bridgehead atoms. The van der Waals surface area contributed by atoms with Gasteiger partial charge < -0.3 is 10.5 Å². The van der Waals surface area contributed by atoms with Gasteiger partial charge in [0.15, 0.2) is 5.65 Å². The minimum atomic E-state index is -0.505. The maximum absolute atomic E-state index is 11.9. The molecule has 8 heteroatoms. The molecule has 112 valence electrons. The first-order valence-corrected chi connectivity index (χ1v) is 6.91. The Bertz CT molecular complexity index is 862. The molecule has 0 aliphatic carbocycles. The lowest BCUT2D eigenvalue weighted by molar-refractivity contribution is 0.0526. The fourth-order valence-electron chi connectivity index (χ4n) is 2.04. The number of fused-ring (bicyclic) bond motifs is 1. The molecule has 0 fully saturated rings. The van der Waals surface area contributed by atoms with Gasteiger partial charge in [0.2, 0.25) is 5.95 Å². The number of halogens is 1. The summed E-state index contributed by atoms with van der Waals surface area (Å²) < 4.78 is 6.53. The summed E-state index contributed by atoms with van der Waals surface area (Å²) >= 11 is 5.96. The molecule has 7 nitrogen and oxygen atoms in total. The molecule has 0 amide bonds. The van der Waals surface area contributed by atoms with E-state index in [2.05, 4.69) is 15.1 Å². The molecule has 0 aliphatic rings. The van der Waals surface area contributed by atoms with Crippen molar-refractivity contribution in [2.24, 2.45) is 0 Å². The molecule has 0 saturated carbocycles. The lowest BCUT2D eigenvalue weighted by Crippen LogP contribution is -2.06. The minimum Gasteiger partial charge on any atom is -0.462 e. The Morgan fingerprint density at radius 2 is 2.23 bits per heavy atom. The topological polar surface area (TPSA) is 95.4 Å². The number of rotatable bonds is 3. The molecule has 3 aromatic rings. The van der Waals surface area contributed by atoms with Gasteiger partial charge in [-0.1, -0.05) is 11.6 Å². The summed E-state index contributed by atoms with van der Waals surface area (Å²) in [4.78, 5) is 20.0. The van der Waals surface area contributed by atoms with Crippen LogP contribution < -0.4 is 5.73 Å². The van der Waals surface area contributed by atoms with Gasteiger partial charge in [-0.15, -0.1) is 5.10 Å². The molecule has 0 atom stereocenters. The Balaban J connectivity index is 2.06. The van der Waals surface area contributed by atoms with Crippen molar-refractivity contribution in [1.29, 1.82) is 0 Å². The Kier molecular flexibility index (Phi) is 3.64. The Hall–Kier alpha value is -2.67. The fourth-order valence-corrected chi connectivity index (χ4v) is 2.22. The van der Waals surface area contributed by atoms with E-state index in [1.165, 1.54) is 0 Å². The first kappa shape index (κ1) is 14.3. The number of aromatic nitrogens is 4. The van der Waals surface area contributed by atoms with Gasteiger partial charge >= 0.3 is 5.97 Å². The normalized spacial score (nSPS) is 10.8. The summed E-state index contributed by atoms with van der Waals surface area (Å²) in [5.41, 5.74) is 7.92. The van der Waals surface area contributed by atoms with E-state index in [9.17, 15) is 4.79 Å². The van der Waals surface area contributed by atoms with Crippen LogP contribution in [0.3, 0.4) is 0 Å². The summed E-state index contributed by atoms with van der Waals surface area (Å²) in [7, 11) is 0. The third-order valence-corrected chi connectivity index (χ3v) is 3.32. The van der Waals surface area contributed by atoms with Crippen LogP contribution in [0.4, 0.5) is 5.95 Å². The molecule has 0 unspecified atom stereocenters. The molecule has 0 radical (unpaired) electrons. The Labute approximate surface area is 130 Å². The first-order chi connectivity index (χ1) is 10.6. The fraction of sp³-hybridized carbons (Fsp3) is 0.143. The van der Waals surface area contributed by atoms with E-state index in [1.807, 2.05) is 6.07 Å². The van der Waals surface area contributed by atoms with Crippen molar-refractivity contribution in [3.63, 3.8) is 0 Å². The number of hydrogen-bond donors (Lipinski definition) is 1. The van der Waals surface area contributed by atoms with Crippen molar-refractivity contribution in [3.8, 4) is 11.1 Å². The number of nitrogens with zero attached hydrogens (tertiary/aromatic N) is 4. The van der Waals surface area contributed by atoms with Crippen LogP contribution in [0.25, 0.3) is 16.8 Å². The summed E-state index contributed by atoms with van der Waals surface area (Å²) in [5.74, 6) is -0.312. The highest BCUT2D eigenvalue weighted by molar-refractivity contribution is 6.32. The molecule has 22 heavy (non-hydrogen) atoms. The van der Waals surface area contributed by atoms with Gasteiger partial charge in [0.1, 0.15) is 5.15 Å². The smallest absolute Gasteiger partial charge is 0.341 e. The van der Waals surface area contributed by atoms with Gasteiger partial charge in [0.25, 0.3) is 0 Å². The van der Waals surface area contributed by atoms with Crippen LogP contribution in [0.1, 0.15) is 17.3 Å². The molecule has 0 aliphatic heterocycles. The van der Waals surface area contributed by atoms with E-state index in [0.717, 1.165) is 11.1 Å². The van der Waals surface area contributed by atoms with Crippen LogP contribution in [0, 0.1) is 0 Å². The highest BCUT2D eigenvalue weighted by atomic mass is 35.5. The molecule has 0 saturated heterocycles. The number of carbonyl (C=O) groups is 1. The van der Waals surface area contributed by atoms with E-state index in [1.54, 1.807) is 36.0 Å². The highest BCUT2D eigenvalue weighted by Crippen LogP contribution is 2.24. The lowest BCUT2D eigenvalue weighted by atomic mass is 10.1. The van der Waals surface area contributed by atoms with Crippen LogP contribution in [-0.4, -0.2) is 32.2 Å². The molecular formula is C14H12ClN5O2. The summed E-state index contributed by atoms with van der Waals surface area (Å²) in [6.45, 7) is 2.00. The third kappa shape index (κ3) is 2.58. The third-order valence-electron chi connectivity index (χ3n) is 3.02. The predicted molar refractivity (Wildman–Crippen MR) is 81.6 cm³/mol. The van der Waals surface area contributed by atoms with Crippen molar-refractivity contribution in [2.75, 3.05) is 12.3 Å². The quantitative estimate of drug-likeness (QED) is 0.587. The zero-order valence-corrected chi connectivity index (χ0v) is 12.4. The number of pyridine rings is 2. The van der Waals surface area contributed by atoms with Crippen LogP contribution in [0.15, 0.2) is 30.6 Å². The maximum atomic E-state index is 11.9. The zero-order valence-electron chi connectivity index (χ0n) is 11.7. The van der Waals surface area contributed by atoms with Crippen molar-refractivity contribution in [2.45, 2.75) is 6.92 Å². The second-order valence-electron chi connectivity index (χ2n) is 4.47. The second kappa shape index (κ2) is 5.61. The Morgan fingerprint density at radius 3 is 3.00 bits per heavy atom. The number of carbonyl (C=O) groups excluding carboxylic acids is 1. The van der Waals surface area contributed by atoms with Gasteiger partial charge in [0.05, 0.1) is 12.2 Å². The number of esters is 1. The minimum absolute atomic E-state index is 0.106. The second-order valence-corrected chi connectivity index (χ2v) is 4.83. The molecule has 0 aromatic carbocycles. The van der Waals surface area contributed by atoms with Crippen molar-refractivity contribution in [1.82, 2.24) is 19.6 Å². The number of ether oxygens (including phenoxy) is 1. The molecule has 3 aromatic heterocycles. The zero-order chi connectivity index (χ0) is 15.7. The van der Waals surface area contributed by atoms with E-state index in [-0.39, 0.29) is 23.3 Å². The first-order valence-electron chi connectivity index (χ1n) is 6.53. The van der Waals surface area contributed by atoms with E-state index in [0.29, 0.717) is 5.65 Å². The highest BCUT2D eigenvalue weighted by Gasteiger charge is 2.14. The van der Waals surface area contributed by atoms with Gasteiger partial charge in [-0.2, -0.15) is 4.98 Å². The average molecular weight is 318 g/mol. The predicted octanol–water partition coefficient (Wildman–Crippen LogP) is 2.20. The lowest BCUT2D eigenvalue weighted by Gasteiger charge is -2.07. The maximum Gasteiger partial charge on any atom is 0.341 e. The van der Waals surface area contributed by atoms with E-state index in [4.69, 9.17) is 22.1 Å². The molecular weight excluding hydrogens is 306 g/mol. The number of nitrogens with two attached hydrogens (primary N) is 1. The Morgan fingerprint density at radius 1 is 1.41 bits per heavy atom. The van der Waals surface area contributed by atoms with Gasteiger partial charge in [0, 0.05) is 18.0 Å². The number of anilines is 1. The van der Waals surface area contributed by atoms with E-state index < -0.39 is 5.97 Å². The van der Waals surface area contributed by atoms with Crippen LogP contribution in [0.5, 0.6) is 0 Å². The summed E-state index contributed by atoms with van der Waals surface area (Å²) in [6.07, 6.45) is 3.31. The van der Waals surface area contributed by atoms with Crippen LogP contribution >= 0.6 is 11.6 Å². The number of hydrogen-bond acceptors (Lipinski definition) is 6. The number of nitrogen functional groups attached to an aromatic ring is 1. The summed E-state index contributed by atoms with van der Waals surface area (Å²) in [5, 5.41) is 4.11. The van der Waals surface area contributed by atoms with Gasteiger partial charge in [-0.3, -0.25) is 0 Å². The van der Waals surface area contributed by atoms with Crippen LogP contribution in [-0.2, 0) is 4.74 Å². The molecule has 0 spiro atoms. The van der Waals surface area contributed by atoms with Gasteiger partial charge in [-0.25, -0.2) is 14.3 Å². The van der Waals surface area contributed by atoms with Gasteiger partial charge in [-0.05, 0) is 30.7 Å². The van der Waals surface area contributed by atoms with Crippen molar-refractivity contribution in [3.05, 3.63) is 41.3 Å².